The number of unbranched alkanes of at least 4 members (excludes halogenated alkanes) is 26. The van der Waals surface area contributed by atoms with Crippen LogP contribution < -0.4 is 5.32 Å². The van der Waals surface area contributed by atoms with E-state index in [1.807, 2.05) is 0 Å². The summed E-state index contributed by atoms with van der Waals surface area (Å²) in [4.78, 5) is 25.8. The van der Waals surface area contributed by atoms with Gasteiger partial charge in [-0.05, 0) is 44.9 Å². The van der Waals surface area contributed by atoms with Crippen molar-refractivity contribution >= 4 is 11.9 Å². The number of hydrogen-bond acceptors (Lipinski definition) is 5. The lowest BCUT2D eigenvalue weighted by molar-refractivity contribution is -0.151. The zero-order valence-corrected chi connectivity index (χ0v) is 34.3. The molecule has 0 radical (unpaired) electrons. The molecule has 0 saturated carbocycles. The second kappa shape index (κ2) is 39.8. The van der Waals surface area contributed by atoms with Gasteiger partial charge in [0.15, 0.2) is 0 Å². The smallest absolute Gasteiger partial charge is 0.306 e. The molecule has 0 aliphatic rings. The highest BCUT2D eigenvalue weighted by Gasteiger charge is 2.24. The van der Waals surface area contributed by atoms with Gasteiger partial charge in [0.25, 0.3) is 0 Å². The first-order valence-corrected chi connectivity index (χ1v) is 22.4. The fourth-order valence-corrected chi connectivity index (χ4v) is 6.88. The van der Waals surface area contributed by atoms with Gasteiger partial charge in [-0.3, -0.25) is 9.59 Å². The maximum Gasteiger partial charge on any atom is 0.306 e. The summed E-state index contributed by atoms with van der Waals surface area (Å²) in [6.45, 7) is 6.41. The Bertz CT molecular complexity index is 772. The largest absolute Gasteiger partial charge is 0.462 e. The molecule has 0 aromatic rings. The number of aliphatic hydroxyl groups is 2. The molecule has 1 amide bonds. The molecular weight excluding hydrogens is 634 g/mol. The Balaban J connectivity index is 4.41. The number of ether oxygens (including phenoxy) is 1. The lowest BCUT2D eigenvalue weighted by atomic mass is 10.0. The van der Waals surface area contributed by atoms with E-state index >= 15 is 0 Å². The van der Waals surface area contributed by atoms with Gasteiger partial charge in [-0.15, -0.1) is 0 Å². The lowest BCUT2D eigenvalue weighted by Gasteiger charge is -2.24. The van der Waals surface area contributed by atoms with Crippen LogP contribution in [0.25, 0.3) is 0 Å². The minimum Gasteiger partial charge on any atom is -0.462 e. The van der Waals surface area contributed by atoms with Gasteiger partial charge >= 0.3 is 5.97 Å². The first kappa shape index (κ1) is 49.6. The zero-order valence-electron chi connectivity index (χ0n) is 34.3. The van der Waals surface area contributed by atoms with E-state index in [1.165, 1.54) is 141 Å². The maximum absolute atomic E-state index is 13.0. The summed E-state index contributed by atoms with van der Waals surface area (Å²) in [5.74, 6) is -0.482. The number of esters is 1. The number of hydrogen-bond donors (Lipinski definition) is 3. The van der Waals surface area contributed by atoms with Gasteiger partial charge in [0, 0.05) is 6.42 Å². The third-order valence-electron chi connectivity index (χ3n) is 10.3. The number of rotatable bonds is 40. The molecule has 3 atom stereocenters. The van der Waals surface area contributed by atoms with Crippen LogP contribution in [-0.4, -0.2) is 46.9 Å². The van der Waals surface area contributed by atoms with Crippen molar-refractivity contribution in [2.75, 3.05) is 6.61 Å². The van der Waals surface area contributed by atoms with Crippen LogP contribution in [0.4, 0.5) is 0 Å². The first-order valence-electron chi connectivity index (χ1n) is 22.4. The molecule has 6 nitrogen and oxygen atoms in total. The fraction of sp³-hybridized carbons (Fsp3) is 0.911. The number of allylic oxidation sites excluding steroid dienone is 2. The molecule has 302 valence electrons. The van der Waals surface area contributed by atoms with Gasteiger partial charge in [0.05, 0.1) is 25.2 Å². The highest BCUT2D eigenvalue weighted by Crippen LogP contribution is 2.17. The van der Waals surface area contributed by atoms with Gasteiger partial charge in [0.2, 0.25) is 5.91 Å². The molecule has 3 unspecified atom stereocenters. The Hall–Kier alpha value is -1.40. The van der Waals surface area contributed by atoms with Crippen LogP contribution in [-0.2, 0) is 14.3 Å². The van der Waals surface area contributed by atoms with Crippen molar-refractivity contribution in [3.8, 4) is 0 Å². The average Bonchev–Trinajstić information content (AvgIpc) is 3.12. The van der Waals surface area contributed by atoms with Crippen molar-refractivity contribution in [2.45, 2.75) is 257 Å². The van der Waals surface area contributed by atoms with Gasteiger partial charge in [0.1, 0.15) is 6.10 Å². The predicted octanol–water partition coefficient (Wildman–Crippen LogP) is 12.6. The predicted molar refractivity (Wildman–Crippen MR) is 218 cm³/mol. The van der Waals surface area contributed by atoms with E-state index in [4.69, 9.17) is 4.74 Å². The van der Waals surface area contributed by atoms with E-state index < -0.39 is 18.2 Å². The van der Waals surface area contributed by atoms with E-state index in [0.717, 1.165) is 51.4 Å². The third-order valence-corrected chi connectivity index (χ3v) is 10.3. The van der Waals surface area contributed by atoms with E-state index in [2.05, 4.69) is 38.2 Å². The Morgan fingerprint density at radius 3 is 1.45 bits per heavy atom. The summed E-state index contributed by atoms with van der Waals surface area (Å²) in [7, 11) is 0. The van der Waals surface area contributed by atoms with E-state index in [9.17, 15) is 19.8 Å². The quantitative estimate of drug-likeness (QED) is 0.0332. The van der Waals surface area contributed by atoms with Crippen LogP contribution in [0, 0.1) is 0 Å². The molecule has 3 N–H and O–H groups in total. The maximum atomic E-state index is 13.0. The Morgan fingerprint density at radius 1 is 0.549 bits per heavy atom. The Morgan fingerprint density at radius 2 is 0.961 bits per heavy atom. The molecule has 0 spiro atoms. The van der Waals surface area contributed by atoms with Gasteiger partial charge in [-0.1, -0.05) is 193 Å². The highest BCUT2D eigenvalue weighted by molar-refractivity contribution is 5.77. The molecule has 0 saturated heterocycles. The van der Waals surface area contributed by atoms with Crippen molar-refractivity contribution in [3.63, 3.8) is 0 Å². The normalized spacial score (nSPS) is 13.4. The van der Waals surface area contributed by atoms with Crippen molar-refractivity contribution in [2.24, 2.45) is 0 Å². The average molecular weight is 722 g/mol. The summed E-state index contributed by atoms with van der Waals surface area (Å²) >= 11 is 0. The molecule has 0 aliphatic heterocycles. The molecule has 51 heavy (non-hydrogen) atoms. The van der Waals surface area contributed by atoms with Gasteiger partial charge in [-0.25, -0.2) is 0 Å². The van der Waals surface area contributed by atoms with Crippen molar-refractivity contribution in [1.82, 2.24) is 5.32 Å². The van der Waals surface area contributed by atoms with Crippen molar-refractivity contribution in [3.05, 3.63) is 12.2 Å². The van der Waals surface area contributed by atoms with Crippen LogP contribution in [0.15, 0.2) is 12.2 Å². The molecule has 0 aromatic carbocycles. The van der Waals surface area contributed by atoms with Crippen LogP contribution >= 0.6 is 0 Å². The molecule has 0 aliphatic carbocycles. The topological polar surface area (TPSA) is 95.9 Å². The second-order valence-electron chi connectivity index (χ2n) is 15.5. The van der Waals surface area contributed by atoms with E-state index in [0.29, 0.717) is 19.3 Å². The fourth-order valence-electron chi connectivity index (χ4n) is 6.88. The summed E-state index contributed by atoms with van der Waals surface area (Å²) in [5, 5.41) is 23.6. The standard InChI is InChI=1S/C45H87NO5/c1-4-7-10-13-16-18-20-21-22-24-25-28-31-34-37-43(48)42(40-47)46-44(49)39-41(36-33-30-27-15-12-9-6-3)51-45(50)38-35-32-29-26-23-19-17-14-11-8-5-2/h14,17,41-43,47-48H,4-13,15-16,18-40H2,1-3H3,(H,46,49)/b17-14-. The monoisotopic (exact) mass is 722 g/mol. The minimum atomic E-state index is -0.780. The summed E-state index contributed by atoms with van der Waals surface area (Å²) in [5.41, 5.74) is 0. The third kappa shape index (κ3) is 35.4. The molecule has 0 bridgehead atoms. The van der Waals surface area contributed by atoms with E-state index in [1.54, 1.807) is 0 Å². The molecule has 0 rings (SSSR count). The number of carbonyl (C=O) groups is 2. The number of nitrogens with one attached hydrogen (secondary N) is 1. The van der Waals surface area contributed by atoms with Crippen molar-refractivity contribution in [1.29, 1.82) is 0 Å². The molecule has 0 heterocycles. The van der Waals surface area contributed by atoms with Gasteiger partial charge in [-0.2, -0.15) is 0 Å². The van der Waals surface area contributed by atoms with E-state index in [-0.39, 0.29) is 24.9 Å². The SMILES string of the molecule is CCCC/C=C\CCCCCCCC(=O)OC(CCCCCCCCC)CC(=O)NC(CO)C(O)CCCCCCCCCCCCCCCC. The summed E-state index contributed by atoms with van der Waals surface area (Å²) < 4.78 is 5.86. The molecular formula is C45H87NO5. The Labute approximate surface area is 317 Å². The molecule has 0 fully saturated rings. The zero-order chi connectivity index (χ0) is 37.5. The van der Waals surface area contributed by atoms with Crippen LogP contribution in [0.5, 0.6) is 0 Å². The van der Waals surface area contributed by atoms with Gasteiger partial charge < -0.3 is 20.3 Å². The molecule has 0 aromatic heterocycles. The van der Waals surface area contributed by atoms with Crippen LogP contribution in [0.1, 0.15) is 239 Å². The van der Waals surface area contributed by atoms with Crippen LogP contribution in [0.3, 0.4) is 0 Å². The second-order valence-corrected chi connectivity index (χ2v) is 15.5. The highest BCUT2D eigenvalue weighted by atomic mass is 16.5. The number of carbonyl (C=O) groups excluding carboxylic acids is 2. The van der Waals surface area contributed by atoms with Crippen molar-refractivity contribution < 1.29 is 24.5 Å². The summed E-state index contributed by atoms with van der Waals surface area (Å²) in [6, 6.07) is -0.693. The number of aliphatic hydroxyl groups excluding tert-OH is 2. The Kier molecular flexibility index (Phi) is 38.7. The van der Waals surface area contributed by atoms with Crippen LogP contribution in [0.2, 0.25) is 0 Å². The summed E-state index contributed by atoms with van der Waals surface area (Å²) in [6.07, 6.45) is 41.4. The minimum absolute atomic E-state index is 0.0788. The lowest BCUT2D eigenvalue weighted by Crippen LogP contribution is -2.46. The molecule has 6 heteroatoms. The first-order chi connectivity index (χ1) is 25.0. The number of amides is 1.